The monoisotopic (exact) mass is 321 g/mol. The van der Waals surface area contributed by atoms with Gasteiger partial charge in [-0.1, -0.05) is 18.2 Å². The maximum Gasteiger partial charge on any atom is 0.119 e. The Kier molecular flexibility index (Phi) is 4.22. The van der Waals surface area contributed by atoms with Crippen molar-refractivity contribution in [1.29, 1.82) is 0 Å². The van der Waals surface area contributed by atoms with Crippen molar-refractivity contribution in [3.63, 3.8) is 0 Å². The van der Waals surface area contributed by atoms with Crippen LogP contribution in [-0.4, -0.2) is 34.7 Å². The Morgan fingerprint density at radius 2 is 1.88 bits per heavy atom. The number of likely N-dealkylation sites (tertiary alicyclic amines) is 1. The van der Waals surface area contributed by atoms with Gasteiger partial charge in [-0.05, 0) is 47.4 Å². The third kappa shape index (κ3) is 3.15. The Balaban J connectivity index is 1.41. The molecule has 0 radical (unpaired) electrons. The van der Waals surface area contributed by atoms with Crippen molar-refractivity contribution in [2.45, 2.75) is 25.4 Å². The quantitative estimate of drug-likeness (QED) is 0.730. The topological polar surface area (TPSA) is 30.3 Å². The van der Waals surface area contributed by atoms with E-state index in [1.807, 2.05) is 18.6 Å². The van der Waals surface area contributed by atoms with Gasteiger partial charge in [0.25, 0.3) is 0 Å². The van der Waals surface area contributed by atoms with Gasteiger partial charge in [0.15, 0.2) is 0 Å². The molecule has 1 fully saturated rings. The first-order chi connectivity index (χ1) is 11.8. The number of fused-ring (bicyclic) bond motifs is 1. The molecule has 1 aliphatic rings. The SMILES string of the molecule is COc1ccc2cc(CN3CCC(n4ccnc4)CC3)ccc2c1. The molecule has 1 aromatic heterocycles. The van der Waals surface area contributed by atoms with E-state index in [1.165, 1.54) is 29.2 Å². The fraction of sp³-hybridized carbons (Fsp3) is 0.350. The van der Waals surface area contributed by atoms with E-state index >= 15 is 0 Å². The summed E-state index contributed by atoms with van der Waals surface area (Å²) in [4.78, 5) is 6.72. The molecule has 2 aromatic carbocycles. The zero-order valence-electron chi connectivity index (χ0n) is 14.1. The molecule has 0 unspecified atom stereocenters. The highest BCUT2D eigenvalue weighted by atomic mass is 16.5. The van der Waals surface area contributed by atoms with Gasteiger partial charge in [-0.25, -0.2) is 4.98 Å². The maximum atomic E-state index is 5.30. The van der Waals surface area contributed by atoms with Crippen LogP contribution in [0.5, 0.6) is 5.75 Å². The van der Waals surface area contributed by atoms with Crippen LogP contribution >= 0.6 is 0 Å². The molecule has 3 aromatic rings. The van der Waals surface area contributed by atoms with E-state index < -0.39 is 0 Å². The highest BCUT2D eigenvalue weighted by Gasteiger charge is 2.20. The van der Waals surface area contributed by atoms with Gasteiger partial charge in [0.05, 0.1) is 13.4 Å². The molecule has 0 atom stereocenters. The Morgan fingerprint density at radius 1 is 1.08 bits per heavy atom. The lowest BCUT2D eigenvalue weighted by Gasteiger charge is -2.32. The summed E-state index contributed by atoms with van der Waals surface area (Å²) in [6.45, 7) is 3.31. The second kappa shape index (κ2) is 6.65. The second-order valence-electron chi connectivity index (χ2n) is 6.56. The maximum absolute atomic E-state index is 5.30. The average molecular weight is 321 g/mol. The lowest BCUT2D eigenvalue weighted by atomic mass is 10.0. The smallest absolute Gasteiger partial charge is 0.119 e. The first-order valence-corrected chi connectivity index (χ1v) is 8.58. The van der Waals surface area contributed by atoms with Crippen LogP contribution in [0.2, 0.25) is 0 Å². The van der Waals surface area contributed by atoms with E-state index in [9.17, 15) is 0 Å². The van der Waals surface area contributed by atoms with E-state index in [1.54, 1.807) is 7.11 Å². The summed E-state index contributed by atoms with van der Waals surface area (Å²) in [7, 11) is 1.71. The average Bonchev–Trinajstić information content (AvgIpc) is 3.16. The Labute approximate surface area is 142 Å². The molecule has 4 nitrogen and oxygen atoms in total. The highest BCUT2D eigenvalue weighted by Crippen LogP contribution is 2.25. The van der Waals surface area contributed by atoms with Crippen LogP contribution < -0.4 is 4.74 Å². The highest BCUT2D eigenvalue weighted by molar-refractivity contribution is 5.84. The van der Waals surface area contributed by atoms with E-state index in [-0.39, 0.29) is 0 Å². The number of imidazole rings is 1. The summed E-state index contributed by atoms with van der Waals surface area (Å²) in [6.07, 6.45) is 8.29. The minimum absolute atomic E-state index is 0.604. The number of benzene rings is 2. The van der Waals surface area contributed by atoms with E-state index in [0.29, 0.717) is 6.04 Å². The number of hydrogen-bond acceptors (Lipinski definition) is 3. The molecule has 0 amide bonds. The molecule has 4 rings (SSSR count). The van der Waals surface area contributed by atoms with Crippen LogP contribution in [-0.2, 0) is 6.54 Å². The lowest BCUT2D eigenvalue weighted by Crippen LogP contribution is -2.33. The van der Waals surface area contributed by atoms with E-state index in [4.69, 9.17) is 4.74 Å². The number of piperidine rings is 1. The molecule has 0 saturated carbocycles. The van der Waals surface area contributed by atoms with Crippen LogP contribution in [0.4, 0.5) is 0 Å². The van der Waals surface area contributed by atoms with Crippen LogP contribution in [0.3, 0.4) is 0 Å². The molecule has 4 heteroatoms. The van der Waals surface area contributed by atoms with Crippen LogP contribution in [0, 0.1) is 0 Å². The van der Waals surface area contributed by atoms with Gasteiger partial charge in [0.1, 0.15) is 5.75 Å². The van der Waals surface area contributed by atoms with Crippen molar-refractivity contribution >= 4 is 10.8 Å². The van der Waals surface area contributed by atoms with Crippen molar-refractivity contribution in [1.82, 2.24) is 14.5 Å². The van der Waals surface area contributed by atoms with Crippen LogP contribution in [0.1, 0.15) is 24.4 Å². The van der Waals surface area contributed by atoms with Crippen molar-refractivity contribution in [2.75, 3.05) is 20.2 Å². The summed E-state index contributed by atoms with van der Waals surface area (Å²) in [5.74, 6) is 0.914. The first kappa shape index (κ1) is 15.2. The zero-order valence-corrected chi connectivity index (χ0v) is 14.1. The number of rotatable bonds is 4. The fourth-order valence-corrected chi connectivity index (χ4v) is 3.62. The molecule has 0 bridgehead atoms. The van der Waals surface area contributed by atoms with Gasteiger partial charge >= 0.3 is 0 Å². The minimum Gasteiger partial charge on any atom is -0.497 e. The number of hydrogen-bond donors (Lipinski definition) is 0. The Bertz CT molecular complexity index is 805. The summed E-state index contributed by atoms with van der Waals surface area (Å²) >= 11 is 0. The molecule has 1 saturated heterocycles. The molecule has 0 spiro atoms. The van der Waals surface area contributed by atoms with Crippen molar-refractivity contribution in [3.8, 4) is 5.75 Å². The predicted molar refractivity (Wildman–Crippen MR) is 96.3 cm³/mol. The summed E-state index contributed by atoms with van der Waals surface area (Å²) in [5, 5.41) is 2.51. The van der Waals surface area contributed by atoms with Crippen molar-refractivity contribution in [2.24, 2.45) is 0 Å². The molecule has 0 aliphatic carbocycles. The lowest BCUT2D eigenvalue weighted by molar-refractivity contribution is 0.179. The van der Waals surface area contributed by atoms with E-state index in [0.717, 1.165) is 25.4 Å². The van der Waals surface area contributed by atoms with Gasteiger partial charge in [0, 0.05) is 38.1 Å². The van der Waals surface area contributed by atoms with Gasteiger partial charge in [-0.2, -0.15) is 0 Å². The molecule has 124 valence electrons. The van der Waals surface area contributed by atoms with Gasteiger partial charge in [-0.3, -0.25) is 4.90 Å². The third-order valence-electron chi connectivity index (χ3n) is 5.02. The van der Waals surface area contributed by atoms with Gasteiger partial charge < -0.3 is 9.30 Å². The van der Waals surface area contributed by atoms with Crippen LogP contribution in [0.15, 0.2) is 55.1 Å². The largest absolute Gasteiger partial charge is 0.497 e. The molecule has 2 heterocycles. The predicted octanol–water partition coefficient (Wildman–Crippen LogP) is 3.88. The van der Waals surface area contributed by atoms with Crippen LogP contribution in [0.25, 0.3) is 10.8 Å². The molecule has 0 N–H and O–H groups in total. The summed E-state index contributed by atoms with van der Waals surface area (Å²) < 4.78 is 7.55. The normalized spacial score (nSPS) is 16.5. The Hall–Kier alpha value is -2.33. The number of methoxy groups -OCH3 is 1. The molecule has 24 heavy (non-hydrogen) atoms. The van der Waals surface area contributed by atoms with Crippen molar-refractivity contribution < 1.29 is 4.74 Å². The Morgan fingerprint density at radius 3 is 2.62 bits per heavy atom. The molecular weight excluding hydrogens is 298 g/mol. The zero-order chi connectivity index (χ0) is 16.4. The first-order valence-electron chi connectivity index (χ1n) is 8.58. The number of nitrogens with zero attached hydrogens (tertiary/aromatic N) is 3. The number of ether oxygens (including phenoxy) is 1. The van der Waals surface area contributed by atoms with Gasteiger partial charge in [0.2, 0.25) is 0 Å². The number of aromatic nitrogens is 2. The summed E-state index contributed by atoms with van der Waals surface area (Å²) in [6, 6.07) is 13.6. The second-order valence-corrected chi connectivity index (χ2v) is 6.56. The molecule has 1 aliphatic heterocycles. The minimum atomic E-state index is 0.604. The molecular formula is C20H23N3O. The van der Waals surface area contributed by atoms with Crippen molar-refractivity contribution in [3.05, 3.63) is 60.7 Å². The van der Waals surface area contributed by atoms with Gasteiger partial charge in [-0.15, -0.1) is 0 Å². The standard InChI is InChI=1S/C20H23N3O/c1-24-20-5-4-17-12-16(2-3-18(17)13-20)14-22-9-6-19(7-10-22)23-11-8-21-15-23/h2-5,8,11-13,15,19H,6-7,9-10,14H2,1H3. The van der Waals surface area contributed by atoms with E-state index in [2.05, 4.69) is 51.0 Å². The fourth-order valence-electron chi connectivity index (χ4n) is 3.62. The third-order valence-corrected chi connectivity index (χ3v) is 5.02. The summed E-state index contributed by atoms with van der Waals surface area (Å²) in [5.41, 5.74) is 1.38.